The van der Waals surface area contributed by atoms with E-state index in [0.717, 1.165) is 30.5 Å². The lowest BCUT2D eigenvalue weighted by Crippen LogP contribution is -2.46. The van der Waals surface area contributed by atoms with Gasteiger partial charge in [0, 0.05) is 23.9 Å². The summed E-state index contributed by atoms with van der Waals surface area (Å²) in [5, 5.41) is 4.36. The van der Waals surface area contributed by atoms with Crippen LogP contribution in [-0.2, 0) is 0 Å². The molecule has 0 spiro atoms. The summed E-state index contributed by atoms with van der Waals surface area (Å²) in [4.78, 5) is 11.7. The first-order valence-corrected chi connectivity index (χ1v) is 7.66. The van der Waals surface area contributed by atoms with Crippen LogP contribution in [0, 0.1) is 0 Å². The maximum atomic E-state index is 11.7. The highest BCUT2D eigenvalue weighted by Crippen LogP contribution is 2.29. The van der Waals surface area contributed by atoms with Crippen molar-refractivity contribution in [2.75, 3.05) is 6.54 Å². The lowest BCUT2D eigenvalue weighted by molar-refractivity contribution is 0.0859. The van der Waals surface area contributed by atoms with Crippen LogP contribution in [0.5, 0.6) is 5.75 Å². The van der Waals surface area contributed by atoms with Gasteiger partial charge in [-0.25, -0.2) is 0 Å². The van der Waals surface area contributed by atoms with Crippen molar-refractivity contribution in [3.63, 3.8) is 0 Å². The molecule has 0 bridgehead atoms. The van der Waals surface area contributed by atoms with Crippen LogP contribution in [0.25, 0.3) is 11.0 Å². The highest BCUT2D eigenvalue weighted by Gasteiger charge is 2.30. The topological polar surface area (TPSA) is 51.5 Å². The number of nitrogens with one attached hydrogen (secondary N) is 1. The average Bonchev–Trinajstić information content (AvgIpc) is 2.87. The van der Waals surface area contributed by atoms with Crippen LogP contribution in [0.15, 0.2) is 28.7 Å². The van der Waals surface area contributed by atoms with Crippen molar-refractivity contribution in [1.29, 1.82) is 0 Å². The van der Waals surface area contributed by atoms with Gasteiger partial charge in [0.25, 0.3) is 0 Å². The first-order chi connectivity index (χ1) is 10.2. The van der Waals surface area contributed by atoms with Crippen LogP contribution in [0.2, 0.25) is 0 Å². The van der Waals surface area contributed by atoms with Crippen molar-refractivity contribution >= 4 is 16.8 Å². The molecule has 1 aromatic carbocycles. The Morgan fingerprint density at radius 2 is 2.14 bits per heavy atom. The van der Waals surface area contributed by atoms with Crippen LogP contribution in [-0.4, -0.2) is 24.5 Å². The van der Waals surface area contributed by atoms with E-state index in [1.165, 1.54) is 0 Å². The molecular weight excluding hydrogens is 266 g/mol. The lowest BCUT2D eigenvalue weighted by Gasteiger charge is -2.35. The molecule has 0 saturated heterocycles. The smallest absolute Gasteiger partial charge is 0.197 e. The predicted octanol–water partition coefficient (Wildman–Crippen LogP) is 3.54. The summed E-state index contributed by atoms with van der Waals surface area (Å²) in [6.07, 6.45) is 2.82. The first-order valence-electron chi connectivity index (χ1n) is 7.66. The highest BCUT2D eigenvalue weighted by molar-refractivity contribution is 5.97. The summed E-state index contributed by atoms with van der Waals surface area (Å²) in [5.74, 6) is 1.27. The zero-order valence-electron chi connectivity index (χ0n) is 12.5. The molecule has 0 atom stereocenters. The first kappa shape index (κ1) is 14.1. The van der Waals surface area contributed by atoms with Crippen LogP contribution >= 0.6 is 0 Å². The Kier molecular flexibility index (Phi) is 3.97. The minimum Gasteiger partial charge on any atom is -0.490 e. The second-order valence-corrected chi connectivity index (χ2v) is 5.55. The molecule has 3 rings (SSSR count). The number of carbonyl (C=O) groups is 1. The third-order valence-corrected chi connectivity index (χ3v) is 3.98. The molecule has 1 aliphatic carbocycles. The second kappa shape index (κ2) is 5.90. The Morgan fingerprint density at radius 3 is 2.86 bits per heavy atom. The number of benzene rings is 1. The molecule has 1 saturated carbocycles. The molecule has 1 N–H and O–H groups in total. The van der Waals surface area contributed by atoms with E-state index in [-0.39, 0.29) is 11.9 Å². The summed E-state index contributed by atoms with van der Waals surface area (Å²) in [7, 11) is 0. The largest absolute Gasteiger partial charge is 0.490 e. The molecular formula is C17H21NO3. The van der Waals surface area contributed by atoms with E-state index in [9.17, 15) is 4.79 Å². The molecule has 2 aromatic rings. The predicted molar refractivity (Wildman–Crippen MR) is 82.0 cm³/mol. The third kappa shape index (κ3) is 2.95. The van der Waals surface area contributed by atoms with Gasteiger partial charge in [0.1, 0.15) is 17.4 Å². The van der Waals surface area contributed by atoms with Gasteiger partial charge in [0.15, 0.2) is 11.5 Å². The molecule has 4 heteroatoms. The summed E-state index contributed by atoms with van der Waals surface area (Å²) in [6.45, 7) is 4.96. The Labute approximate surface area is 124 Å². The molecule has 21 heavy (non-hydrogen) atoms. The van der Waals surface area contributed by atoms with Gasteiger partial charge in [-0.15, -0.1) is 0 Å². The summed E-state index contributed by atoms with van der Waals surface area (Å²) in [5.41, 5.74) is 0.715. The fourth-order valence-corrected chi connectivity index (χ4v) is 2.71. The van der Waals surface area contributed by atoms with Crippen molar-refractivity contribution < 1.29 is 13.9 Å². The average molecular weight is 287 g/mol. The molecule has 0 radical (unpaired) electrons. The van der Waals surface area contributed by atoms with Crippen molar-refractivity contribution in [2.24, 2.45) is 0 Å². The summed E-state index contributed by atoms with van der Waals surface area (Å²) >= 11 is 0. The molecule has 1 aliphatic rings. The maximum absolute atomic E-state index is 11.7. The van der Waals surface area contributed by atoms with Gasteiger partial charge in [0.2, 0.25) is 0 Å². The van der Waals surface area contributed by atoms with Crippen LogP contribution < -0.4 is 10.1 Å². The number of hydrogen-bond acceptors (Lipinski definition) is 4. The van der Waals surface area contributed by atoms with Gasteiger partial charge in [-0.2, -0.15) is 0 Å². The summed E-state index contributed by atoms with van der Waals surface area (Å²) in [6, 6.07) is 8.15. The van der Waals surface area contributed by atoms with Crippen molar-refractivity contribution in [2.45, 2.75) is 45.3 Å². The van der Waals surface area contributed by atoms with Crippen molar-refractivity contribution in [3.05, 3.63) is 30.0 Å². The Hall–Kier alpha value is -1.81. The molecule has 0 amide bonds. The van der Waals surface area contributed by atoms with E-state index < -0.39 is 0 Å². The van der Waals surface area contributed by atoms with Crippen LogP contribution in [0.3, 0.4) is 0 Å². The van der Waals surface area contributed by atoms with E-state index in [0.29, 0.717) is 23.8 Å². The number of fused-ring (bicyclic) bond motifs is 1. The normalized spacial score (nSPS) is 21.2. The Morgan fingerprint density at radius 1 is 1.33 bits per heavy atom. The number of Topliss-reactive ketones (excluding diaryl/α,β-unsaturated/α-hetero) is 1. The standard InChI is InChI=1S/C17H21NO3/c1-3-15(19)17-7-11-5-6-13(10-16(11)21-17)20-14-8-12(9-14)18-4-2/h5-7,10,12,14,18H,3-4,8-9H2,1-2H3. The fourth-order valence-electron chi connectivity index (χ4n) is 2.71. The molecule has 0 aliphatic heterocycles. The van der Waals surface area contributed by atoms with E-state index in [1.54, 1.807) is 6.07 Å². The van der Waals surface area contributed by atoms with Crippen molar-refractivity contribution in [1.82, 2.24) is 5.32 Å². The number of ether oxygens (including phenoxy) is 1. The Balaban J connectivity index is 1.68. The van der Waals surface area contributed by atoms with E-state index in [2.05, 4.69) is 12.2 Å². The molecule has 112 valence electrons. The minimum atomic E-state index is 0.0288. The SMILES string of the molecule is CCNC1CC(Oc2ccc3cc(C(=O)CC)oc3c2)C1. The molecule has 0 unspecified atom stereocenters. The molecule has 1 aromatic heterocycles. The quantitative estimate of drug-likeness (QED) is 0.826. The lowest BCUT2D eigenvalue weighted by atomic mass is 9.89. The third-order valence-electron chi connectivity index (χ3n) is 3.98. The zero-order valence-corrected chi connectivity index (χ0v) is 12.5. The number of ketones is 1. The van der Waals surface area contributed by atoms with Gasteiger partial charge < -0.3 is 14.5 Å². The van der Waals surface area contributed by atoms with Crippen LogP contribution in [0.4, 0.5) is 0 Å². The van der Waals surface area contributed by atoms with Crippen LogP contribution in [0.1, 0.15) is 43.7 Å². The zero-order chi connectivity index (χ0) is 14.8. The highest BCUT2D eigenvalue weighted by atomic mass is 16.5. The van der Waals surface area contributed by atoms with Gasteiger partial charge in [-0.3, -0.25) is 4.79 Å². The number of furan rings is 1. The van der Waals surface area contributed by atoms with Crippen molar-refractivity contribution in [3.8, 4) is 5.75 Å². The van der Waals surface area contributed by atoms with Gasteiger partial charge in [0.05, 0.1) is 0 Å². The molecule has 1 fully saturated rings. The molecule has 1 heterocycles. The van der Waals surface area contributed by atoms with E-state index in [4.69, 9.17) is 9.15 Å². The van der Waals surface area contributed by atoms with Gasteiger partial charge >= 0.3 is 0 Å². The number of carbonyl (C=O) groups excluding carboxylic acids is 1. The fraction of sp³-hybridized carbons (Fsp3) is 0.471. The summed E-state index contributed by atoms with van der Waals surface area (Å²) < 4.78 is 11.6. The maximum Gasteiger partial charge on any atom is 0.197 e. The van der Waals surface area contributed by atoms with E-state index in [1.807, 2.05) is 25.1 Å². The monoisotopic (exact) mass is 287 g/mol. The minimum absolute atomic E-state index is 0.0288. The Bertz CT molecular complexity index is 641. The van der Waals surface area contributed by atoms with Gasteiger partial charge in [-0.05, 0) is 37.6 Å². The van der Waals surface area contributed by atoms with Gasteiger partial charge in [-0.1, -0.05) is 13.8 Å². The number of hydrogen-bond donors (Lipinski definition) is 1. The molecule has 4 nitrogen and oxygen atoms in total. The number of rotatable bonds is 6. The second-order valence-electron chi connectivity index (χ2n) is 5.55. The van der Waals surface area contributed by atoms with E-state index >= 15 is 0 Å².